The van der Waals surface area contributed by atoms with Gasteiger partial charge in [-0.25, -0.2) is 0 Å². The second-order valence-corrected chi connectivity index (χ2v) is 8.69. The smallest absolute Gasteiger partial charge is 0.252 e. The standard InChI is InChI=1S/C26H23ClN2O5/c27-17-2-1-15-11-25(21(26(28)31)10-16(15)9-17)33-14-24(30)22-13-29-23-12-19(3-4-20(22)23)34-18-5-7-32-8-6-18/h1-4,9-13,18,29H,5-8,14H2,(H2,28,31). The van der Waals surface area contributed by atoms with Gasteiger partial charge in [-0.2, -0.15) is 0 Å². The van der Waals surface area contributed by atoms with Gasteiger partial charge in [0, 0.05) is 46.6 Å². The molecule has 174 valence electrons. The number of rotatable bonds is 7. The second kappa shape index (κ2) is 9.37. The molecule has 1 aromatic heterocycles. The number of aromatic amines is 1. The number of primary amides is 1. The molecule has 0 aliphatic carbocycles. The molecule has 7 nitrogen and oxygen atoms in total. The second-order valence-electron chi connectivity index (χ2n) is 8.26. The molecule has 8 heteroatoms. The highest BCUT2D eigenvalue weighted by molar-refractivity contribution is 6.31. The first-order chi connectivity index (χ1) is 16.5. The number of nitrogens with two attached hydrogens (primary N) is 1. The quantitative estimate of drug-likeness (QED) is 0.368. The van der Waals surface area contributed by atoms with Crippen LogP contribution in [0.3, 0.4) is 0 Å². The summed E-state index contributed by atoms with van der Waals surface area (Å²) in [6, 6.07) is 14.2. The minimum atomic E-state index is -0.645. The van der Waals surface area contributed by atoms with E-state index >= 15 is 0 Å². The lowest BCUT2D eigenvalue weighted by Crippen LogP contribution is -2.25. The number of carbonyl (C=O) groups excluding carboxylic acids is 2. The van der Waals surface area contributed by atoms with Gasteiger partial charge in [0.25, 0.3) is 5.91 Å². The average Bonchev–Trinajstić information content (AvgIpc) is 3.26. The van der Waals surface area contributed by atoms with Crippen LogP contribution in [0.4, 0.5) is 0 Å². The Kier molecular flexibility index (Phi) is 6.13. The summed E-state index contributed by atoms with van der Waals surface area (Å²) in [4.78, 5) is 28.1. The van der Waals surface area contributed by atoms with Crippen molar-refractivity contribution in [3.8, 4) is 11.5 Å². The van der Waals surface area contributed by atoms with Crippen LogP contribution in [-0.4, -0.2) is 42.6 Å². The van der Waals surface area contributed by atoms with E-state index in [1.807, 2.05) is 24.3 Å². The Bertz CT molecular complexity index is 1390. The molecule has 0 radical (unpaired) electrons. The molecular formula is C26H23ClN2O5. The molecule has 2 heterocycles. The van der Waals surface area contributed by atoms with Crippen LogP contribution >= 0.6 is 11.6 Å². The molecule has 0 unspecified atom stereocenters. The molecule has 1 aliphatic heterocycles. The fraction of sp³-hybridized carbons (Fsp3) is 0.231. The van der Waals surface area contributed by atoms with E-state index in [2.05, 4.69) is 4.98 Å². The van der Waals surface area contributed by atoms with Crippen LogP contribution in [0.2, 0.25) is 5.02 Å². The Labute approximate surface area is 200 Å². The van der Waals surface area contributed by atoms with E-state index in [1.54, 1.807) is 30.5 Å². The van der Waals surface area contributed by atoms with Gasteiger partial charge in [0.2, 0.25) is 5.78 Å². The number of halogens is 1. The first-order valence-corrected chi connectivity index (χ1v) is 11.4. The van der Waals surface area contributed by atoms with Crippen molar-refractivity contribution in [1.29, 1.82) is 0 Å². The van der Waals surface area contributed by atoms with Crippen molar-refractivity contribution in [2.24, 2.45) is 5.73 Å². The van der Waals surface area contributed by atoms with E-state index in [1.165, 1.54) is 0 Å². The topological polar surface area (TPSA) is 104 Å². The van der Waals surface area contributed by atoms with Crippen LogP contribution in [0.25, 0.3) is 21.7 Å². The minimum absolute atomic E-state index is 0.132. The fourth-order valence-electron chi connectivity index (χ4n) is 4.18. The zero-order valence-electron chi connectivity index (χ0n) is 18.3. The monoisotopic (exact) mass is 478 g/mol. The zero-order chi connectivity index (χ0) is 23.7. The number of H-pyrrole nitrogens is 1. The third-order valence-corrected chi connectivity index (χ3v) is 6.18. The zero-order valence-corrected chi connectivity index (χ0v) is 19.1. The van der Waals surface area contributed by atoms with Crippen molar-refractivity contribution in [1.82, 2.24) is 4.98 Å². The highest BCUT2D eigenvalue weighted by Crippen LogP contribution is 2.29. The van der Waals surface area contributed by atoms with Crippen molar-refractivity contribution < 1.29 is 23.8 Å². The van der Waals surface area contributed by atoms with Crippen molar-refractivity contribution in [3.63, 3.8) is 0 Å². The van der Waals surface area contributed by atoms with Gasteiger partial charge >= 0.3 is 0 Å². The number of ether oxygens (including phenoxy) is 3. The predicted octanol–water partition coefficient (Wildman–Crippen LogP) is 4.89. The number of benzene rings is 3. The van der Waals surface area contributed by atoms with Gasteiger partial charge in [0.05, 0.1) is 18.8 Å². The molecule has 1 amide bonds. The molecule has 0 saturated carbocycles. The number of Topliss-reactive ketones (excluding diaryl/α,β-unsaturated/α-hetero) is 1. The number of hydrogen-bond donors (Lipinski definition) is 2. The molecule has 0 atom stereocenters. The van der Waals surface area contributed by atoms with Crippen molar-refractivity contribution >= 4 is 45.0 Å². The van der Waals surface area contributed by atoms with Crippen molar-refractivity contribution in [2.75, 3.05) is 19.8 Å². The Morgan fingerprint density at radius 3 is 2.65 bits per heavy atom. The Morgan fingerprint density at radius 2 is 1.85 bits per heavy atom. The van der Waals surface area contributed by atoms with Crippen LogP contribution in [0.15, 0.2) is 54.7 Å². The van der Waals surface area contributed by atoms with Gasteiger partial charge in [-0.15, -0.1) is 0 Å². The van der Waals surface area contributed by atoms with Crippen molar-refractivity contribution in [2.45, 2.75) is 18.9 Å². The summed E-state index contributed by atoms with van der Waals surface area (Å²) in [7, 11) is 0. The molecular weight excluding hydrogens is 456 g/mol. The first kappa shape index (κ1) is 22.3. The van der Waals surface area contributed by atoms with Gasteiger partial charge in [0.15, 0.2) is 6.61 Å². The van der Waals surface area contributed by atoms with E-state index in [0.717, 1.165) is 40.3 Å². The maximum atomic E-state index is 13.0. The van der Waals surface area contributed by atoms with Crippen molar-refractivity contribution in [3.05, 3.63) is 70.9 Å². The van der Waals surface area contributed by atoms with E-state index in [0.29, 0.717) is 23.8 Å². The maximum absolute atomic E-state index is 13.0. The normalized spacial score (nSPS) is 14.4. The number of ketones is 1. The van der Waals surface area contributed by atoms with Crippen LogP contribution in [-0.2, 0) is 4.74 Å². The molecule has 3 aromatic carbocycles. The molecule has 3 N–H and O–H groups in total. The molecule has 0 bridgehead atoms. The first-order valence-electron chi connectivity index (χ1n) is 11.0. The lowest BCUT2D eigenvalue weighted by molar-refractivity contribution is 0.0256. The third-order valence-electron chi connectivity index (χ3n) is 5.95. The number of fused-ring (bicyclic) bond motifs is 2. The molecule has 1 fully saturated rings. The third kappa shape index (κ3) is 4.58. The van der Waals surface area contributed by atoms with E-state index in [4.69, 9.17) is 31.5 Å². The van der Waals surface area contributed by atoms with Gasteiger partial charge in [-0.1, -0.05) is 17.7 Å². The predicted molar refractivity (Wildman–Crippen MR) is 130 cm³/mol. The largest absolute Gasteiger partial charge is 0.490 e. The number of nitrogens with one attached hydrogen (secondary N) is 1. The highest BCUT2D eigenvalue weighted by Gasteiger charge is 2.18. The summed E-state index contributed by atoms with van der Waals surface area (Å²) in [5.41, 5.74) is 7.03. The lowest BCUT2D eigenvalue weighted by Gasteiger charge is -2.23. The Morgan fingerprint density at radius 1 is 1.03 bits per heavy atom. The van der Waals surface area contributed by atoms with Gasteiger partial charge in [-0.05, 0) is 47.2 Å². The van der Waals surface area contributed by atoms with Crippen LogP contribution < -0.4 is 15.2 Å². The molecule has 5 rings (SSSR count). The summed E-state index contributed by atoms with van der Waals surface area (Å²) in [6.45, 7) is 1.17. The van der Waals surface area contributed by atoms with Crippen LogP contribution in [0.5, 0.6) is 11.5 Å². The van der Waals surface area contributed by atoms with Crippen LogP contribution in [0, 0.1) is 0 Å². The van der Waals surface area contributed by atoms with Gasteiger partial charge in [0.1, 0.15) is 17.6 Å². The molecule has 1 aliphatic rings. The summed E-state index contributed by atoms with van der Waals surface area (Å²) in [6.07, 6.45) is 3.51. The highest BCUT2D eigenvalue weighted by atomic mass is 35.5. The molecule has 34 heavy (non-hydrogen) atoms. The summed E-state index contributed by atoms with van der Waals surface area (Å²) >= 11 is 6.05. The fourth-order valence-corrected chi connectivity index (χ4v) is 4.36. The van der Waals surface area contributed by atoms with Crippen LogP contribution in [0.1, 0.15) is 33.6 Å². The van der Waals surface area contributed by atoms with E-state index in [-0.39, 0.29) is 29.8 Å². The summed E-state index contributed by atoms with van der Waals surface area (Å²) < 4.78 is 17.2. The van der Waals surface area contributed by atoms with E-state index in [9.17, 15) is 9.59 Å². The minimum Gasteiger partial charge on any atom is -0.490 e. The average molecular weight is 479 g/mol. The molecule has 1 saturated heterocycles. The Hall–Kier alpha value is -3.55. The number of aromatic nitrogens is 1. The summed E-state index contributed by atoms with van der Waals surface area (Å²) in [5, 5.41) is 2.90. The number of amides is 1. The number of carbonyl (C=O) groups is 2. The maximum Gasteiger partial charge on any atom is 0.252 e. The SMILES string of the molecule is NC(=O)c1cc2cc(Cl)ccc2cc1OCC(=O)c1c[nH]c2cc(OC3CCOCC3)ccc12. The number of hydrogen-bond acceptors (Lipinski definition) is 5. The van der Waals surface area contributed by atoms with Gasteiger partial charge < -0.3 is 24.9 Å². The molecule has 4 aromatic rings. The Balaban J connectivity index is 1.33. The van der Waals surface area contributed by atoms with E-state index < -0.39 is 5.91 Å². The molecule has 0 spiro atoms. The lowest BCUT2D eigenvalue weighted by atomic mass is 10.1. The van der Waals surface area contributed by atoms with Gasteiger partial charge in [-0.3, -0.25) is 9.59 Å². The summed E-state index contributed by atoms with van der Waals surface area (Å²) in [5.74, 6) is 0.131.